The molecule has 0 amide bonds. The van der Waals surface area contributed by atoms with E-state index in [-0.39, 0.29) is 0 Å². The fourth-order valence-corrected chi connectivity index (χ4v) is 3.31. The van der Waals surface area contributed by atoms with Crippen molar-refractivity contribution in [3.05, 3.63) is 11.6 Å². The molecule has 0 radical (unpaired) electrons. The van der Waals surface area contributed by atoms with Crippen molar-refractivity contribution in [3.63, 3.8) is 0 Å². The van der Waals surface area contributed by atoms with Crippen molar-refractivity contribution in [1.29, 1.82) is 0 Å². The third-order valence-corrected chi connectivity index (χ3v) is 4.47. The molecule has 1 aromatic heterocycles. The summed E-state index contributed by atoms with van der Waals surface area (Å²) < 4.78 is 7.46. The zero-order valence-electron chi connectivity index (χ0n) is 11.8. The van der Waals surface area contributed by atoms with Gasteiger partial charge in [0.25, 0.3) is 0 Å². The summed E-state index contributed by atoms with van der Waals surface area (Å²) in [5.74, 6) is 2.78. The van der Waals surface area contributed by atoms with E-state index in [1.165, 1.54) is 50.8 Å². The van der Waals surface area contributed by atoms with Crippen molar-refractivity contribution < 1.29 is 4.74 Å². The third-order valence-electron chi connectivity index (χ3n) is 3.96. The van der Waals surface area contributed by atoms with Crippen LogP contribution in [-0.4, -0.2) is 28.5 Å². The first kappa shape index (κ1) is 15.0. The lowest BCUT2D eigenvalue weighted by Gasteiger charge is -2.20. The molecule has 0 aliphatic heterocycles. The summed E-state index contributed by atoms with van der Waals surface area (Å²) in [6, 6.07) is 0. The van der Waals surface area contributed by atoms with Crippen LogP contribution in [0.3, 0.4) is 0 Å². The fourth-order valence-electron chi connectivity index (χ4n) is 2.89. The summed E-state index contributed by atoms with van der Waals surface area (Å²) in [4.78, 5) is 0. The molecule has 108 valence electrons. The number of ether oxygens (including phenoxy) is 1. The Morgan fingerprint density at radius 2 is 1.84 bits per heavy atom. The zero-order valence-corrected chi connectivity index (χ0v) is 13.4. The molecule has 4 nitrogen and oxygen atoms in total. The van der Waals surface area contributed by atoms with E-state index in [2.05, 4.69) is 30.7 Å². The van der Waals surface area contributed by atoms with Crippen molar-refractivity contribution in [2.45, 2.75) is 62.7 Å². The Balaban J connectivity index is 2.13. The maximum absolute atomic E-state index is 5.21. The van der Waals surface area contributed by atoms with E-state index in [0.29, 0.717) is 5.92 Å². The lowest BCUT2D eigenvalue weighted by Crippen LogP contribution is -2.15. The monoisotopic (exact) mass is 329 g/mol. The van der Waals surface area contributed by atoms with Crippen LogP contribution in [0.4, 0.5) is 0 Å². The summed E-state index contributed by atoms with van der Waals surface area (Å²) in [7, 11) is 1.74. The number of rotatable bonds is 5. The van der Waals surface area contributed by atoms with Gasteiger partial charge in [-0.15, -0.1) is 10.2 Å². The van der Waals surface area contributed by atoms with Crippen LogP contribution >= 0.6 is 15.9 Å². The molecule has 0 unspecified atom stereocenters. The minimum Gasteiger partial charge on any atom is -0.383 e. The highest BCUT2D eigenvalue weighted by Crippen LogP contribution is 2.30. The summed E-state index contributed by atoms with van der Waals surface area (Å²) in [5.41, 5.74) is 0. The first-order chi connectivity index (χ1) is 9.36. The van der Waals surface area contributed by atoms with Gasteiger partial charge < -0.3 is 9.30 Å². The van der Waals surface area contributed by atoms with Crippen molar-refractivity contribution in [2.24, 2.45) is 0 Å². The first-order valence-electron chi connectivity index (χ1n) is 7.33. The zero-order chi connectivity index (χ0) is 13.5. The van der Waals surface area contributed by atoms with Crippen LogP contribution in [-0.2, 0) is 16.6 Å². The highest BCUT2D eigenvalue weighted by atomic mass is 79.9. The summed E-state index contributed by atoms with van der Waals surface area (Å²) >= 11 is 3.50. The number of hydrogen-bond donors (Lipinski definition) is 0. The van der Waals surface area contributed by atoms with E-state index in [9.17, 15) is 0 Å². The van der Waals surface area contributed by atoms with Crippen LogP contribution in [0.25, 0.3) is 0 Å². The van der Waals surface area contributed by atoms with Gasteiger partial charge in [-0.1, -0.05) is 48.0 Å². The molecule has 1 aliphatic rings. The second-order valence-corrected chi connectivity index (χ2v) is 5.86. The Labute approximate surface area is 124 Å². The van der Waals surface area contributed by atoms with Crippen molar-refractivity contribution in [2.75, 3.05) is 13.7 Å². The number of aromatic nitrogens is 3. The topological polar surface area (TPSA) is 39.9 Å². The SMILES string of the molecule is COCCn1c(CBr)nnc1C1CCCCCCC1. The van der Waals surface area contributed by atoms with Crippen LogP contribution in [0.5, 0.6) is 0 Å². The van der Waals surface area contributed by atoms with Gasteiger partial charge in [0.1, 0.15) is 11.6 Å². The molecule has 2 rings (SSSR count). The van der Waals surface area contributed by atoms with Gasteiger partial charge in [0.15, 0.2) is 0 Å². The van der Waals surface area contributed by atoms with E-state index in [0.717, 1.165) is 24.3 Å². The number of hydrogen-bond acceptors (Lipinski definition) is 3. The first-order valence-corrected chi connectivity index (χ1v) is 8.46. The van der Waals surface area contributed by atoms with Crippen LogP contribution in [0.1, 0.15) is 62.5 Å². The molecule has 0 spiro atoms. The lowest BCUT2D eigenvalue weighted by molar-refractivity contribution is 0.184. The highest BCUT2D eigenvalue weighted by Gasteiger charge is 2.21. The molecule has 1 aromatic rings. The average Bonchev–Trinajstić information content (AvgIpc) is 2.79. The molecule has 5 heteroatoms. The maximum atomic E-state index is 5.21. The molecule has 0 N–H and O–H groups in total. The standard InChI is InChI=1S/C14H24BrN3O/c1-19-10-9-18-13(11-15)16-17-14(18)12-7-5-3-2-4-6-8-12/h12H,2-11H2,1H3. The minimum absolute atomic E-state index is 0.581. The predicted molar refractivity (Wildman–Crippen MR) is 79.6 cm³/mol. The van der Waals surface area contributed by atoms with E-state index in [1.807, 2.05) is 0 Å². The van der Waals surface area contributed by atoms with Crippen LogP contribution in [0, 0.1) is 0 Å². The molecule has 0 aromatic carbocycles. The van der Waals surface area contributed by atoms with Gasteiger partial charge in [0.2, 0.25) is 0 Å². The van der Waals surface area contributed by atoms with Gasteiger partial charge in [-0.25, -0.2) is 0 Å². The summed E-state index contributed by atoms with van der Waals surface area (Å²) in [5, 5.41) is 9.55. The average molecular weight is 330 g/mol. The van der Waals surface area contributed by atoms with Gasteiger partial charge >= 0.3 is 0 Å². The molecule has 0 saturated heterocycles. The maximum Gasteiger partial charge on any atom is 0.143 e. The number of methoxy groups -OCH3 is 1. The van der Waals surface area contributed by atoms with Crippen LogP contribution in [0.15, 0.2) is 0 Å². The molecule has 1 heterocycles. The van der Waals surface area contributed by atoms with E-state index < -0.39 is 0 Å². The Hall–Kier alpha value is -0.420. The van der Waals surface area contributed by atoms with Gasteiger partial charge in [-0.2, -0.15) is 0 Å². The van der Waals surface area contributed by atoms with Gasteiger partial charge in [0.05, 0.1) is 11.9 Å². The van der Waals surface area contributed by atoms with Crippen LogP contribution in [0.2, 0.25) is 0 Å². The smallest absolute Gasteiger partial charge is 0.143 e. The molecule has 1 aliphatic carbocycles. The quantitative estimate of drug-likeness (QED) is 0.774. The highest BCUT2D eigenvalue weighted by molar-refractivity contribution is 9.08. The number of halogens is 1. The molecule has 19 heavy (non-hydrogen) atoms. The molecule has 1 saturated carbocycles. The number of nitrogens with zero attached hydrogens (tertiary/aromatic N) is 3. The summed E-state index contributed by atoms with van der Waals surface area (Å²) in [6.07, 6.45) is 9.30. The van der Waals surface area contributed by atoms with Crippen molar-refractivity contribution in [1.82, 2.24) is 14.8 Å². The van der Waals surface area contributed by atoms with Crippen molar-refractivity contribution >= 4 is 15.9 Å². The molecule has 1 fully saturated rings. The van der Waals surface area contributed by atoms with Gasteiger partial charge in [0, 0.05) is 19.6 Å². The molecule has 0 atom stereocenters. The van der Waals surface area contributed by atoms with Gasteiger partial charge in [-0.3, -0.25) is 0 Å². The Morgan fingerprint density at radius 3 is 2.47 bits per heavy atom. The van der Waals surface area contributed by atoms with E-state index in [4.69, 9.17) is 4.74 Å². The lowest BCUT2D eigenvalue weighted by atomic mass is 9.90. The Bertz CT molecular complexity index is 373. The normalized spacial score (nSPS) is 18.2. The van der Waals surface area contributed by atoms with E-state index in [1.54, 1.807) is 7.11 Å². The number of alkyl halides is 1. The second kappa shape index (κ2) is 8.00. The Morgan fingerprint density at radius 1 is 1.16 bits per heavy atom. The molecular formula is C14H24BrN3O. The second-order valence-electron chi connectivity index (χ2n) is 5.29. The van der Waals surface area contributed by atoms with Gasteiger partial charge in [-0.05, 0) is 12.8 Å². The summed E-state index contributed by atoms with van der Waals surface area (Å²) in [6.45, 7) is 1.58. The van der Waals surface area contributed by atoms with Crippen molar-refractivity contribution in [3.8, 4) is 0 Å². The minimum atomic E-state index is 0.581. The third kappa shape index (κ3) is 4.02. The Kier molecular flexibility index (Phi) is 6.31. The largest absolute Gasteiger partial charge is 0.383 e. The van der Waals surface area contributed by atoms with Crippen LogP contribution < -0.4 is 0 Å². The molecule has 0 bridgehead atoms. The molecular weight excluding hydrogens is 306 g/mol. The predicted octanol–water partition coefficient (Wildman–Crippen LogP) is 3.65. The fraction of sp³-hybridized carbons (Fsp3) is 0.857. The van der Waals surface area contributed by atoms with E-state index >= 15 is 0 Å².